The van der Waals surface area contributed by atoms with E-state index in [1.165, 1.54) is 11.1 Å². The number of β-amino-alcohol motifs (C(OH)–C–C–N with tert-alkyl or cyclic N) is 1. The molecule has 1 saturated heterocycles. The third-order valence-electron chi connectivity index (χ3n) is 4.30. The van der Waals surface area contributed by atoms with Crippen molar-refractivity contribution in [1.82, 2.24) is 10.2 Å². The van der Waals surface area contributed by atoms with Gasteiger partial charge in [-0.3, -0.25) is 4.90 Å². The summed E-state index contributed by atoms with van der Waals surface area (Å²) < 4.78 is 0. The lowest BCUT2D eigenvalue weighted by Gasteiger charge is -2.31. The lowest BCUT2D eigenvalue weighted by molar-refractivity contribution is 0.0653. The van der Waals surface area contributed by atoms with Gasteiger partial charge in [0.2, 0.25) is 0 Å². The van der Waals surface area contributed by atoms with Crippen molar-refractivity contribution >= 4 is 0 Å². The second kappa shape index (κ2) is 5.39. The summed E-state index contributed by atoms with van der Waals surface area (Å²) in [7, 11) is 0. The first-order valence-corrected chi connectivity index (χ1v) is 7.01. The Bertz CT molecular complexity index is 401. The fraction of sp³-hybridized carbons (Fsp3) is 0.600. The van der Waals surface area contributed by atoms with Gasteiger partial charge in [-0.2, -0.15) is 0 Å². The molecule has 2 aliphatic rings. The van der Waals surface area contributed by atoms with Gasteiger partial charge in [0.25, 0.3) is 0 Å². The van der Waals surface area contributed by atoms with Crippen LogP contribution in [0.15, 0.2) is 24.3 Å². The molecule has 3 rings (SSSR count). The first-order chi connectivity index (χ1) is 8.83. The van der Waals surface area contributed by atoms with Crippen molar-refractivity contribution in [2.75, 3.05) is 26.2 Å². The SMILES string of the molecule is OC(CN1CCc2ccccc2C1)C1CCNC1. The van der Waals surface area contributed by atoms with Crippen LogP contribution in [0.2, 0.25) is 0 Å². The smallest absolute Gasteiger partial charge is 0.0707 e. The lowest BCUT2D eigenvalue weighted by atomic mass is 9.97. The molecule has 98 valence electrons. The van der Waals surface area contributed by atoms with Gasteiger partial charge in [0.1, 0.15) is 0 Å². The van der Waals surface area contributed by atoms with Crippen molar-refractivity contribution in [3.05, 3.63) is 35.4 Å². The number of fused-ring (bicyclic) bond motifs is 1. The van der Waals surface area contributed by atoms with Crippen molar-refractivity contribution < 1.29 is 5.11 Å². The first kappa shape index (κ1) is 12.2. The number of benzene rings is 1. The van der Waals surface area contributed by atoms with Crippen molar-refractivity contribution in [2.45, 2.75) is 25.5 Å². The maximum absolute atomic E-state index is 10.3. The normalized spacial score (nSPS) is 25.9. The van der Waals surface area contributed by atoms with E-state index in [9.17, 15) is 5.11 Å². The standard InChI is InChI=1S/C15H22N2O/c18-15(13-5-7-16-9-13)11-17-8-6-12-3-1-2-4-14(12)10-17/h1-4,13,15-16,18H,5-11H2. The molecule has 1 aromatic rings. The number of hydrogen-bond acceptors (Lipinski definition) is 3. The van der Waals surface area contributed by atoms with Gasteiger partial charge in [0.05, 0.1) is 6.10 Å². The van der Waals surface area contributed by atoms with E-state index in [4.69, 9.17) is 0 Å². The van der Waals surface area contributed by atoms with Gasteiger partial charge in [0, 0.05) is 26.2 Å². The summed E-state index contributed by atoms with van der Waals surface area (Å²) in [6.07, 6.45) is 2.06. The second-order valence-corrected chi connectivity index (χ2v) is 5.57. The summed E-state index contributed by atoms with van der Waals surface area (Å²) in [5.41, 5.74) is 2.91. The number of hydrogen-bond donors (Lipinski definition) is 2. The van der Waals surface area contributed by atoms with Crippen LogP contribution in [-0.4, -0.2) is 42.3 Å². The summed E-state index contributed by atoms with van der Waals surface area (Å²) in [6, 6.07) is 8.67. The molecule has 3 nitrogen and oxygen atoms in total. The van der Waals surface area contributed by atoms with E-state index in [2.05, 4.69) is 34.5 Å². The molecule has 2 N–H and O–H groups in total. The molecule has 2 aliphatic heterocycles. The molecule has 0 bridgehead atoms. The maximum atomic E-state index is 10.3. The van der Waals surface area contributed by atoms with Crippen LogP contribution in [-0.2, 0) is 13.0 Å². The lowest BCUT2D eigenvalue weighted by Crippen LogP contribution is -2.40. The number of nitrogens with one attached hydrogen (secondary N) is 1. The van der Waals surface area contributed by atoms with Crippen molar-refractivity contribution in [2.24, 2.45) is 5.92 Å². The van der Waals surface area contributed by atoms with Gasteiger partial charge in [-0.1, -0.05) is 24.3 Å². The molecule has 1 fully saturated rings. The zero-order chi connectivity index (χ0) is 12.4. The van der Waals surface area contributed by atoms with Crippen LogP contribution in [0, 0.1) is 5.92 Å². The Balaban J connectivity index is 1.59. The van der Waals surface area contributed by atoms with Crippen LogP contribution < -0.4 is 5.32 Å². The van der Waals surface area contributed by atoms with Gasteiger partial charge >= 0.3 is 0 Å². The molecular weight excluding hydrogens is 224 g/mol. The Morgan fingerprint density at radius 2 is 2.17 bits per heavy atom. The van der Waals surface area contributed by atoms with E-state index < -0.39 is 0 Å². The molecule has 0 radical (unpaired) electrons. The Labute approximate surface area is 109 Å². The van der Waals surface area contributed by atoms with Crippen LogP contribution in [0.1, 0.15) is 17.5 Å². The summed E-state index contributed by atoms with van der Waals surface area (Å²) >= 11 is 0. The molecule has 3 heteroatoms. The van der Waals surface area contributed by atoms with Crippen LogP contribution in [0.5, 0.6) is 0 Å². The van der Waals surface area contributed by atoms with Gasteiger partial charge in [-0.05, 0) is 36.4 Å². The molecular formula is C15H22N2O. The predicted octanol–water partition coefficient (Wildman–Crippen LogP) is 1.02. The minimum Gasteiger partial charge on any atom is -0.391 e. The number of aliphatic hydroxyl groups is 1. The van der Waals surface area contributed by atoms with E-state index >= 15 is 0 Å². The number of aliphatic hydroxyl groups excluding tert-OH is 1. The highest BCUT2D eigenvalue weighted by Crippen LogP contribution is 2.20. The van der Waals surface area contributed by atoms with Crippen molar-refractivity contribution in [3.63, 3.8) is 0 Å². The average molecular weight is 246 g/mol. The van der Waals surface area contributed by atoms with Crippen LogP contribution >= 0.6 is 0 Å². The zero-order valence-corrected chi connectivity index (χ0v) is 10.8. The van der Waals surface area contributed by atoms with Crippen LogP contribution in [0.4, 0.5) is 0 Å². The van der Waals surface area contributed by atoms with Gasteiger partial charge in [0.15, 0.2) is 0 Å². The Morgan fingerprint density at radius 3 is 2.94 bits per heavy atom. The van der Waals surface area contributed by atoms with E-state index in [1.54, 1.807) is 0 Å². The van der Waals surface area contributed by atoms with E-state index in [0.717, 1.165) is 45.6 Å². The summed E-state index contributed by atoms with van der Waals surface area (Å²) in [5, 5.41) is 13.6. The Kier molecular flexibility index (Phi) is 3.64. The zero-order valence-electron chi connectivity index (χ0n) is 10.8. The summed E-state index contributed by atoms with van der Waals surface area (Å²) in [4.78, 5) is 2.39. The molecule has 0 amide bonds. The first-order valence-electron chi connectivity index (χ1n) is 7.01. The molecule has 2 unspecified atom stereocenters. The maximum Gasteiger partial charge on any atom is 0.0707 e. The molecule has 0 aromatic heterocycles. The largest absolute Gasteiger partial charge is 0.391 e. The van der Waals surface area contributed by atoms with Gasteiger partial charge < -0.3 is 10.4 Å². The predicted molar refractivity (Wildman–Crippen MR) is 72.4 cm³/mol. The Morgan fingerprint density at radius 1 is 1.33 bits per heavy atom. The van der Waals surface area contributed by atoms with Crippen LogP contribution in [0.3, 0.4) is 0 Å². The van der Waals surface area contributed by atoms with Crippen molar-refractivity contribution in [3.8, 4) is 0 Å². The topological polar surface area (TPSA) is 35.5 Å². The fourth-order valence-electron chi connectivity index (χ4n) is 3.13. The monoisotopic (exact) mass is 246 g/mol. The number of rotatable bonds is 3. The van der Waals surface area contributed by atoms with Crippen LogP contribution in [0.25, 0.3) is 0 Å². The number of nitrogens with zero attached hydrogens (tertiary/aromatic N) is 1. The van der Waals surface area contributed by atoms with E-state index in [1.807, 2.05) is 0 Å². The van der Waals surface area contributed by atoms with E-state index in [0.29, 0.717) is 5.92 Å². The molecule has 0 saturated carbocycles. The third-order valence-corrected chi connectivity index (χ3v) is 4.30. The van der Waals surface area contributed by atoms with Gasteiger partial charge in [-0.25, -0.2) is 0 Å². The van der Waals surface area contributed by atoms with Crippen molar-refractivity contribution in [1.29, 1.82) is 0 Å². The molecule has 18 heavy (non-hydrogen) atoms. The minimum absolute atomic E-state index is 0.176. The molecule has 2 atom stereocenters. The highest BCUT2D eigenvalue weighted by atomic mass is 16.3. The summed E-state index contributed by atoms with van der Waals surface area (Å²) in [5.74, 6) is 0.446. The molecule has 0 spiro atoms. The quantitative estimate of drug-likeness (QED) is 0.836. The fourth-order valence-corrected chi connectivity index (χ4v) is 3.13. The Hall–Kier alpha value is -0.900. The highest BCUT2D eigenvalue weighted by Gasteiger charge is 2.26. The minimum atomic E-state index is -0.176. The molecule has 1 aromatic carbocycles. The molecule has 0 aliphatic carbocycles. The highest BCUT2D eigenvalue weighted by molar-refractivity contribution is 5.29. The summed E-state index contributed by atoms with van der Waals surface area (Å²) in [6.45, 7) is 4.93. The molecule has 2 heterocycles. The van der Waals surface area contributed by atoms with Gasteiger partial charge in [-0.15, -0.1) is 0 Å². The average Bonchev–Trinajstić information content (AvgIpc) is 2.92. The second-order valence-electron chi connectivity index (χ2n) is 5.57. The van der Waals surface area contributed by atoms with E-state index in [-0.39, 0.29) is 6.10 Å². The third kappa shape index (κ3) is 2.58.